The molecular formula is C7H9NO3. The molecule has 0 unspecified atom stereocenters. The van der Waals surface area contributed by atoms with Crippen molar-refractivity contribution in [3.63, 3.8) is 0 Å². The molecule has 1 aromatic heterocycles. The van der Waals surface area contributed by atoms with E-state index < -0.39 is 5.97 Å². The number of hydrogen-bond donors (Lipinski definition) is 2. The van der Waals surface area contributed by atoms with Crippen LogP contribution in [0.5, 0.6) is 0 Å². The van der Waals surface area contributed by atoms with Crippen LogP contribution < -0.4 is 0 Å². The van der Waals surface area contributed by atoms with Gasteiger partial charge in [-0.2, -0.15) is 0 Å². The molecule has 4 heteroatoms. The highest BCUT2D eigenvalue weighted by atomic mass is 16.4. The predicted octanol–water partition coefficient (Wildman–Crippen LogP) is 0.179. The lowest BCUT2D eigenvalue weighted by atomic mass is 10.4. The minimum absolute atomic E-state index is 0.0467. The Morgan fingerprint density at radius 3 is 2.91 bits per heavy atom. The Morgan fingerprint density at radius 1 is 1.64 bits per heavy atom. The molecule has 1 rings (SSSR count). The van der Waals surface area contributed by atoms with Crippen LogP contribution in [-0.2, 0) is 6.54 Å². The van der Waals surface area contributed by atoms with Crippen LogP contribution in [0.15, 0.2) is 18.3 Å². The van der Waals surface area contributed by atoms with E-state index >= 15 is 0 Å². The Labute approximate surface area is 63.7 Å². The van der Waals surface area contributed by atoms with Crippen molar-refractivity contribution in [1.29, 1.82) is 0 Å². The van der Waals surface area contributed by atoms with Gasteiger partial charge in [0.15, 0.2) is 0 Å². The third-order valence-electron chi connectivity index (χ3n) is 1.39. The minimum atomic E-state index is -0.969. The first-order chi connectivity index (χ1) is 5.25. The first-order valence-electron chi connectivity index (χ1n) is 3.25. The molecule has 1 heterocycles. The Balaban J connectivity index is 2.87. The van der Waals surface area contributed by atoms with E-state index in [-0.39, 0.29) is 12.3 Å². The zero-order valence-corrected chi connectivity index (χ0v) is 5.90. The summed E-state index contributed by atoms with van der Waals surface area (Å²) in [4.78, 5) is 10.5. The van der Waals surface area contributed by atoms with E-state index in [1.54, 1.807) is 12.3 Å². The molecule has 0 aliphatic carbocycles. The summed E-state index contributed by atoms with van der Waals surface area (Å²) in [6, 6.07) is 3.14. The maximum Gasteiger partial charge on any atom is 0.352 e. The van der Waals surface area contributed by atoms with Gasteiger partial charge in [-0.05, 0) is 12.1 Å². The monoisotopic (exact) mass is 155 g/mol. The second kappa shape index (κ2) is 3.21. The number of aliphatic hydroxyl groups excluding tert-OH is 1. The zero-order chi connectivity index (χ0) is 8.27. The number of aliphatic hydroxyl groups is 1. The normalized spacial score (nSPS) is 9.91. The van der Waals surface area contributed by atoms with E-state index in [1.807, 2.05) is 0 Å². The van der Waals surface area contributed by atoms with Gasteiger partial charge >= 0.3 is 5.97 Å². The van der Waals surface area contributed by atoms with Gasteiger partial charge in [-0.15, -0.1) is 0 Å². The lowest BCUT2D eigenvalue weighted by Gasteiger charge is -2.01. The lowest BCUT2D eigenvalue weighted by Crippen LogP contribution is -2.09. The summed E-state index contributed by atoms with van der Waals surface area (Å²) < 4.78 is 1.49. The molecule has 2 N–H and O–H groups in total. The summed E-state index contributed by atoms with van der Waals surface area (Å²) in [5.41, 5.74) is 0.207. The van der Waals surface area contributed by atoms with Crippen LogP contribution in [0, 0.1) is 0 Å². The molecule has 11 heavy (non-hydrogen) atoms. The quantitative estimate of drug-likeness (QED) is 0.654. The van der Waals surface area contributed by atoms with Gasteiger partial charge in [0.25, 0.3) is 0 Å². The van der Waals surface area contributed by atoms with Crippen LogP contribution in [0.4, 0.5) is 0 Å². The molecule has 0 saturated carbocycles. The van der Waals surface area contributed by atoms with E-state index in [2.05, 4.69) is 0 Å². The van der Waals surface area contributed by atoms with E-state index in [9.17, 15) is 4.79 Å². The predicted molar refractivity (Wildman–Crippen MR) is 38.5 cm³/mol. The van der Waals surface area contributed by atoms with E-state index in [1.165, 1.54) is 10.6 Å². The van der Waals surface area contributed by atoms with Crippen LogP contribution in [0.25, 0.3) is 0 Å². The van der Waals surface area contributed by atoms with E-state index in [0.29, 0.717) is 6.54 Å². The van der Waals surface area contributed by atoms with Gasteiger partial charge < -0.3 is 14.8 Å². The summed E-state index contributed by atoms with van der Waals surface area (Å²) in [6.07, 6.45) is 1.62. The summed E-state index contributed by atoms with van der Waals surface area (Å²) in [6.45, 7) is 0.281. The third-order valence-corrected chi connectivity index (χ3v) is 1.39. The molecule has 0 atom stereocenters. The molecule has 0 fully saturated rings. The van der Waals surface area contributed by atoms with E-state index in [4.69, 9.17) is 10.2 Å². The van der Waals surface area contributed by atoms with Gasteiger partial charge in [0.2, 0.25) is 0 Å². The average molecular weight is 155 g/mol. The first-order valence-corrected chi connectivity index (χ1v) is 3.25. The van der Waals surface area contributed by atoms with Gasteiger partial charge in [0.05, 0.1) is 6.61 Å². The standard InChI is InChI=1S/C7H9NO3/c9-5-4-8-3-1-2-6(8)7(10)11/h1-3,9H,4-5H2,(H,10,11). The molecular weight excluding hydrogens is 146 g/mol. The van der Waals surface area contributed by atoms with Crippen molar-refractivity contribution in [2.45, 2.75) is 6.54 Å². The number of hydrogen-bond acceptors (Lipinski definition) is 2. The SMILES string of the molecule is O=C(O)c1cccn1CCO. The van der Waals surface area contributed by atoms with Crippen molar-refractivity contribution < 1.29 is 15.0 Å². The number of carboxylic acid groups (broad SMARTS) is 1. The topological polar surface area (TPSA) is 62.5 Å². The highest BCUT2D eigenvalue weighted by molar-refractivity contribution is 5.85. The largest absolute Gasteiger partial charge is 0.477 e. The smallest absolute Gasteiger partial charge is 0.352 e. The van der Waals surface area contributed by atoms with Crippen molar-refractivity contribution in [2.75, 3.05) is 6.61 Å². The second-order valence-electron chi connectivity index (χ2n) is 2.12. The number of carboxylic acids is 1. The number of rotatable bonds is 3. The molecule has 0 amide bonds. The van der Waals surface area contributed by atoms with Gasteiger partial charge in [-0.25, -0.2) is 4.79 Å². The molecule has 0 aliphatic heterocycles. The molecule has 4 nitrogen and oxygen atoms in total. The fourth-order valence-corrected chi connectivity index (χ4v) is 0.911. The maximum absolute atomic E-state index is 10.5. The number of nitrogens with zero attached hydrogens (tertiary/aromatic N) is 1. The fourth-order valence-electron chi connectivity index (χ4n) is 0.911. The highest BCUT2D eigenvalue weighted by Crippen LogP contribution is 2.00. The van der Waals surface area contributed by atoms with Crippen LogP contribution in [-0.4, -0.2) is 27.4 Å². The molecule has 0 aromatic carbocycles. The highest BCUT2D eigenvalue weighted by Gasteiger charge is 2.06. The summed E-state index contributed by atoms with van der Waals surface area (Å²) in [7, 11) is 0. The molecule has 60 valence electrons. The molecule has 0 radical (unpaired) electrons. The van der Waals surface area contributed by atoms with Crippen LogP contribution in [0.1, 0.15) is 10.5 Å². The van der Waals surface area contributed by atoms with Gasteiger partial charge in [0, 0.05) is 12.7 Å². The summed E-state index contributed by atoms with van der Waals surface area (Å²) in [5, 5.41) is 17.1. The fraction of sp³-hybridized carbons (Fsp3) is 0.286. The van der Waals surface area contributed by atoms with Gasteiger partial charge in [0.1, 0.15) is 5.69 Å². The van der Waals surface area contributed by atoms with Crippen molar-refractivity contribution in [1.82, 2.24) is 4.57 Å². The van der Waals surface area contributed by atoms with Crippen LogP contribution in [0.3, 0.4) is 0 Å². The van der Waals surface area contributed by atoms with Crippen LogP contribution >= 0.6 is 0 Å². The third kappa shape index (κ3) is 1.59. The molecule has 0 bridgehead atoms. The lowest BCUT2D eigenvalue weighted by molar-refractivity contribution is 0.0684. The molecule has 0 spiro atoms. The van der Waals surface area contributed by atoms with Crippen molar-refractivity contribution in [3.8, 4) is 0 Å². The van der Waals surface area contributed by atoms with Crippen LogP contribution in [0.2, 0.25) is 0 Å². The second-order valence-corrected chi connectivity index (χ2v) is 2.12. The Hall–Kier alpha value is -1.29. The Morgan fingerprint density at radius 2 is 2.36 bits per heavy atom. The molecule has 0 saturated heterocycles. The number of aromatic carboxylic acids is 1. The van der Waals surface area contributed by atoms with Gasteiger partial charge in [-0.1, -0.05) is 0 Å². The zero-order valence-electron chi connectivity index (χ0n) is 5.90. The van der Waals surface area contributed by atoms with Crippen molar-refractivity contribution >= 4 is 5.97 Å². The Kier molecular flexibility index (Phi) is 2.28. The van der Waals surface area contributed by atoms with Gasteiger partial charge in [-0.3, -0.25) is 0 Å². The maximum atomic E-state index is 10.5. The average Bonchev–Trinajstić information content (AvgIpc) is 2.36. The number of aromatic nitrogens is 1. The first kappa shape index (κ1) is 7.81. The molecule has 0 aliphatic rings. The van der Waals surface area contributed by atoms with E-state index in [0.717, 1.165) is 0 Å². The van der Waals surface area contributed by atoms with Crippen molar-refractivity contribution in [2.24, 2.45) is 0 Å². The Bertz CT molecular complexity index is 254. The minimum Gasteiger partial charge on any atom is -0.477 e. The summed E-state index contributed by atoms with van der Waals surface area (Å²) in [5.74, 6) is -0.969. The summed E-state index contributed by atoms with van der Waals surface area (Å²) >= 11 is 0. The van der Waals surface area contributed by atoms with Crippen molar-refractivity contribution in [3.05, 3.63) is 24.0 Å². The molecule has 1 aromatic rings. The number of carbonyl (C=O) groups is 1.